The van der Waals surface area contributed by atoms with Crippen molar-refractivity contribution < 1.29 is 9.53 Å². The summed E-state index contributed by atoms with van der Waals surface area (Å²) in [4.78, 5) is 13.9. The number of ether oxygens (including phenoxy) is 1. The molecule has 0 saturated carbocycles. The molecule has 19 heavy (non-hydrogen) atoms. The second-order valence-corrected chi connectivity index (χ2v) is 5.41. The van der Waals surface area contributed by atoms with Crippen LogP contribution in [0.15, 0.2) is 18.2 Å². The summed E-state index contributed by atoms with van der Waals surface area (Å²) in [7, 11) is 1.41. The summed E-state index contributed by atoms with van der Waals surface area (Å²) in [5.74, 6) is -0.514. The Morgan fingerprint density at radius 2 is 2.00 bits per heavy atom. The Morgan fingerprint density at radius 3 is 2.58 bits per heavy atom. The number of hydrogen-bond donors (Lipinski definition) is 0. The minimum absolute atomic E-state index is 0.234. The van der Waals surface area contributed by atoms with Crippen LogP contribution in [0.3, 0.4) is 0 Å². The van der Waals surface area contributed by atoms with Crippen LogP contribution in [-0.4, -0.2) is 26.2 Å². The highest BCUT2D eigenvalue weighted by molar-refractivity contribution is 6.33. The molecular formula is C15H20ClNO2. The Hall–Kier alpha value is -1.22. The molecule has 0 amide bonds. The number of methoxy groups -OCH3 is 1. The van der Waals surface area contributed by atoms with E-state index in [1.54, 1.807) is 0 Å². The highest BCUT2D eigenvalue weighted by atomic mass is 35.5. The van der Waals surface area contributed by atoms with Crippen LogP contribution in [-0.2, 0) is 9.53 Å². The largest absolute Gasteiger partial charge is 0.469 e. The SMILES string of the molecule is COC(=O)C(C)c1ccc(N2CCCCC2)c(Cl)c1. The van der Waals surface area contributed by atoms with Gasteiger partial charge in [-0.25, -0.2) is 0 Å². The number of rotatable bonds is 3. The predicted octanol–water partition coefficient (Wildman–Crippen LogP) is 3.61. The maximum Gasteiger partial charge on any atom is 0.312 e. The molecule has 1 aromatic carbocycles. The van der Waals surface area contributed by atoms with Crippen LogP contribution in [0.25, 0.3) is 0 Å². The summed E-state index contributed by atoms with van der Waals surface area (Å²) < 4.78 is 4.76. The Morgan fingerprint density at radius 1 is 1.32 bits per heavy atom. The van der Waals surface area contributed by atoms with E-state index in [0.717, 1.165) is 29.4 Å². The summed E-state index contributed by atoms with van der Waals surface area (Å²) in [5.41, 5.74) is 1.97. The number of carbonyl (C=O) groups is 1. The molecule has 3 nitrogen and oxygen atoms in total. The number of hydrogen-bond acceptors (Lipinski definition) is 3. The average molecular weight is 282 g/mol. The van der Waals surface area contributed by atoms with Crippen LogP contribution in [0.1, 0.15) is 37.7 Å². The van der Waals surface area contributed by atoms with Gasteiger partial charge in [0.1, 0.15) is 0 Å². The maximum absolute atomic E-state index is 11.5. The predicted molar refractivity (Wildman–Crippen MR) is 77.9 cm³/mol. The van der Waals surface area contributed by atoms with Crippen molar-refractivity contribution in [3.05, 3.63) is 28.8 Å². The molecule has 1 heterocycles. The lowest BCUT2D eigenvalue weighted by atomic mass is 10.0. The minimum atomic E-state index is -0.280. The molecule has 104 valence electrons. The first-order valence-corrected chi connectivity index (χ1v) is 7.13. The zero-order chi connectivity index (χ0) is 13.8. The van der Waals surface area contributed by atoms with E-state index in [-0.39, 0.29) is 11.9 Å². The molecule has 1 unspecified atom stereocenters. The lowest BCUT2D eigenvalue weighted by molar-refractivity contribution is -0.141. The molecule has 0 radical (unpaired) electrons. The summed E-state index contributed by atoms with van der Waals surface area (Å²) in [5, 5.41) is 0.718. The number of nitrogens with zero attached hydrogens (tertiary/aromatic N) is 1. The zero-order valence-corrected chi connectivity index (χ0v) is 12.2. The molecule has 0 spiro atoms. The van der Waals surface area contributed by atoms with Gasteiger partial charge in [0.15, 0.2) is 0 Å². The number of carbonyl (C=O) groups excluding carboxylic acids is 1. The van der Waals surface area contributed by atoms with Gasteiger partial charge >= 0.3 is 5.97 Å². The fourth-order valence-corrected chi connectivity index (χ4v) is 2.81. The van der Waals surface area contributed by atoms with Gasteiger partial charge in [0.05, 0.1) is 23.7 Å². The van der Waals surface area contributed by atoms with Gasteiger partial charge in [-0.05, 0) is 43.9 Å². The molecular weight excluding hydrogens is 262 g/mol. The third-order valence-electron chi connectivity index (χ3n) is 3.72. The normalized spacial score (nSPS) is 17.1. The second-order valence-electron chi connectivity index (χ2n) is 5.00. The molecule has 2 rings (SSSR count). The van der Waals surface area contributed by atoms with Crippen molar-refractivity contribution >= 4 is 23.3 Å². The number of benzene rings is 1. The van der Waals surface area contributed by atoms with Gasteiger partial charge in [-0.1, -0.05) is 17.7 Å². The van der Waals surface area contributed by atoms with Crippen molar-refractivity contribution in [3.63, 3.8) is 0 Å². The number of anilines is 1. The summed E-state index contributed by atoms with van der Waals surface area (Å²) in [6, 6.07) is 5.87. The second kappa shape index (κ2) is 6.29. The van der Waals surface area contributed by atoms with Crippen LogP contribution in [0.4, 0.5) is 5.69 Å². The van der Waals surface area contributed by atoms with Crippen molar-refractivity contribution in [2.75, 3.05) is 25.1 Å². The molecule has 4 heteroatoms. The highest BCUT2D eigenvalue weighted by Crippen LogP contribution is 2.31. The molecule has 0 N–H and O–H groups in total. The highest BCUT2D eigenvalue weighted by Gasteiger charge is 2.19. The van der Waals surface area contributed by atoms with E-state index >= 15 is 0 Å². The first-order chi connectivity index (χ1) is 9.13. The summed E-state index contributed by atoms with van der Waals surface area (Å²) in [6.45, 7) is 3.95. The number of esters is 1. The molecule has 1 aliphatic rings. The zero-order valence-electron chi connectivity index (χ0n) is 11.5. The van der Waals surface area contributed by atoms with Gasteiger partial charge in [-0.2, -0.15) is 0 Å². The van der Waals surface area contributed by atoms with Crippen LogP contribution in [0.2, 0.25) is 5.02 Å². The Bertz CT molecular complexity index is 455. The number of piperidine rings is 1. The number of halogens is 1. The average Bonchev–Trinajstić information content (AvgIpc) is 2.46. The topological polar surface area (TPSA) is 29.5 Å². The quantitative estimate of drug-likeness (QED) is 0.793. The lowest BCUT2D eigenvalue weighted by Gasteiger charge is -2.29. The fourth-order valence-electron chi connectivity index (χ4n) is 2.50. The first-order valence-electron chi connectivity index (χ1n) is 6.75. The van der Waals surface area contributed by atoms with E-state index in [9.17, 15) is 4.79 Å². The molecule has 0 aliphatic carbocycles. The smallest absolute Gasteiger partial charge is 0.312 e. The van der Waals surface area contributed by atoms with E-state index in [1.165, 1.54) is 26.4 Å². The van der Waals surface area contributed by atoms with Crippen LogP contribution >= 0.6 is 11.6 Å². The molecule has 0 aromatic heterocycles. The monoisotopic (exact) mass is 281 g/mol. The van der Waals surface area contributed by atoms with Crippen molar-refractivity contribution in [1.82, 2.24) is 0 Å². The Kier molecular flexibility index (Phi) is 4.70. The van der Waals surface area contributed by atoms with Crippen molar-refractivity contribution in [1.29, 1.82) is 0 Å². The molecule has 0 bridgehead atoms. The van der Waals surface area contributed by atoms with Crippen molar-refractivity contribution in [3.8, 4) is 0 Å². The van der Waals surface area contributed by atoms with Crippen LogP contribution in [0, 0.1) is 0 Å². The fraction of sp³-hybridized carbons (Fsp3) is 0.533. The van der Waals surface area contributed by atoms with Gasteiger partial charge in [-0.3, -0.25) is 4.79 Å². The first kappa shape index (κ1) is 14.2. The van der Waals surface area contributed by atoms with E-state index in [0.29, 0.717) is 0 Å². The molecule has 1 fully saturated rings. The molecule has 1 aromatic rings. The van der Waals surface area contributed by atoms with Crippen molar-refractivity contribution in [2.45, 2.75) is 32.1 Å². The summed E-state index contributed by atoms with van der Waals surface area (Å²) in [6.07, 6.45) is 3.73. The Labute approximate surface area is 119 Å². The molecule has 1 atom stereocenters. The van der Waals surface area contributed by atoms with Gasteiger partial charge in [0, 0.05) is 13.1 Å². The standard InChI is InChI=1S/C15H20ClNO2/c1-11(15(18)19-2)12-6-7-14(13(16)10-12)17-8-4-3-5-9-17/h6-7,10-11H,3-5,8-9H2,1-2H3. The van der Waals surface area contributed by atoms with Crippen LogP contribution in [0.5, 0.6) is 0 Å². The molecule has 1 aliphatic heterocycles. The maximum atomic E-state index is 11.5. The third kappa shape index (κ3) is 3.21. The van der Waals surface area contributed by atoms with Gasteiger partial charge in [0.25, 0.3) is 0 Å². The minimum Gasteiger partial charge on any atom is -0.469 e. The lowest BCUT2D eigenvalue weighted by Crippen LogP contribution is -2.29. The van der Waals surface area contributed by atoms with Gasteiger partial charge in [-0.15, -0.1) is 0 Å². The summed E-state index contributed by atoms with van der Waals surface area (Å²) >= 11 is 6.36. The van der Waals surface area contributed by atoms with E-state index < -0.39 is 0 Å². The van der Waals surface area contributed by atoms with E-state index in [4.69, 9.17) is 16.3 Å². The van der Waals surface area contributed by atoms with E-state index in [1.807, 2.05) is 25.1 Å². The Balaban J connectivity index is 2.19. The van der Waals surface area contributed by atoms with Gasteiger partial charge < -0.3 is 9.64 Å². The van der Waals surface area contributed by atoms with Crippen LogP contribution < -0.4 is 4.90 Å². The van der Waals surface area contributed by atoms with Crippen molar-refractivity contribution in [2.24, 2.45) is 0 Å². The van der Waals surface area contributed by atoms with E-state index in [2.05, 4.69) is 4.90 Å². The van der Waals surface area contributed by atoms with Gasteiger partial charge in [0.2, 0.25) is 0 Å². The third-order valence-corrected chi connectivity index (χ3v) is 4.03. The molecule has 1 saturated heterocycles.